The Balaban J connectivity index is 1.86. The lowest BCUT2D eigenvalue weighted by molar-refractivity contribution is 0.121. The molecule has 0 saturated carbocycles. The minimum atomic E-state index is -0.690. The van der Waals surface area contributed by atoms with E-state index in [0.29, 0.717) is 5.75 Å². The van der Waals surface area contributed by atoms with Crippen molar-refractivity contribution in [2.24, 2.45) is 0 Å². The van der Waals surface area contributed by atoms with Gasteiger partial charge in [-0.1, -0.05) is 30.0 Å². The van der Waals surface area contributed by atoms with Crippen molar-refractivity contribution >= 4 is 29.1 Å². The molecule has 4 nitrogen and oxygen atoms in total. The van der Waals surface area contributed by atoms with E-state index >= 15 is 0 Å². The van der Waals surface area contributed by atoms with Crippen LogP contribution in [0.4, 0.5) is 4.79 Å². The third kappa shape index (κ3) is 3.24. The number of hydrogen-bond donors (Lipinski definition) is 0. The number of hydrogen-bond acceptors (Lipinski definition) is 5. The molecule has 5 heteroatoms. The fourth-order valence-electron chi connectivity index (χ4n) is 3.57. The van der Waals surface area contributed by atoms with Crippen LogP contribution in [0, 0.1) is 0 Å². The number of benzene rings is 2. The van der Waals surface area contributed by atoms with E-state index in [4.69, 9.17) is 4.74 Å². The zero-order chi connectivity index (χ0) is 18.1. The first-order chi connectivity index (χ1) is 12.7. The van der Waals surface area contributed by atoms with E-state index in [2.05, 4.69) is 40.9 Å². The Morgan fingerprint density at radius 2 is 1.69 bits per heavy atom. The zero-order valence-corrected chi connectivity index (χ0v) is 15.8. The molecule has 134 valence electrons. The van der Waals surface area contributed by atoms with Gasteiger partial charge in [0.15, 0.2) is 0 Å². The van der Waals surface area contributed by atoms with Gasteiger partial charge in [0.25, 0.3) is 0 Å². The SMILES string of the molecule is COC(=O)Oc1ccc2c(c1)C1=C(CCN(C)CC1)c1ccccc1S2. The fraction of sp³-hybridized carbons (Fsp3) is 0.286. The van der Waals surface area contributed by atoms with Crippen LogP contribution in [0.25, 0.3) is 11.1 Å². The highest BCUT2D eigenvalue weighted by molar-refractivity contribution is 7.99. The molecule has 0 atom stereocenters. The molecule has 0 N–H and O–H groups in total. The van der Waals surface area contributed by atoms with Crippen molar-refractivity contribution in [2.45, 2.75) is 22.6 Å². The standard InChI is InChI=1S/C21H21NO3S/c1-22-11-9-15-16(10-12-22)18-13-14(25-21(23)24-2)7-8-20(18)26-19-6-4-3-5-17(15)19/h3-8,13H,9-12H2,1-2H3. The van der Waals surface area contributed by atoms with Gasteiger partial charge < -0.3 is 14.4 Å². The Bertz CT molecular complexity index is 891. The molecular formula is C21H21NO3S. The molecule has 0 aromatic heterocycles. The molecule has 2 aromatic rings. The van der Waals surface area contributed by atoms with Crippen molar-refractivity contribution in [3.8, 4) is 5.75 Å². The molecule has 0 bridgehead atoms. The number of rotatable bonds is 1. The second kappa shape index (κ2) is 7.17. The van der Waals surface area contributed by atoms with Crippen molar-refractivity contribution in [1.29, 1.82) is 0 Å². The summed E-state index contributed by atoms with van der Waals surface area (Å²) in [6.07, 6.45) is 1.31. The maximum absolute atomic E-state index is 11.5. The number of ether oxygens (including phenoxy) is 2. The highest BCUT2D eigenvalue weighted by atomic mass is 32.2. The summed E-state index contributed by atoms with van der Waals surface area (Å²) < 4.78 is 9.91. The van der Waals surface area contributed by atoms with Crippen molar-refractivity contribution in [2.75, 3.05) is 27.2 Å². The summed E-state index contributed by atoms with van der Waals surface area (Å²) in [6.45, 7) is 2.07. The highest BCUT2D eigenvalue weighted by Gasteiger charge is 2.25. The third-order valence-corrected chi connectivity index (χ3v) is 6.08. The molecule has 2 heterocycles. The van der Waals surface area contributed by atoms with Crippen molar-refractivity contribution in [1.82, 2.24) is 4.90 Å². The molecule has 2 aliphatic heterocycles. The molecule has 0 radical (unpaired) electrons. The van der Waals surface area contributed by atoms with Gasteiger partial charge in [-0.2, -0.15) is 0 Å². The molecule has 2 aliphatic rings. The number of fused-ring (bicyclic) bond motifs is 4. The van der Waals surface area contributed by atoms with E-state index in [9.17, 15) is 4.79 Å². The first-order valence-electron chi connectivity index (χ1n) is 8.74. The molecule has 26 heavy (non-hydrogen) atoms. The summed E-state index contributed by atoms with van der Waals surface area (Å²) >= 11 is 1.78. The number of nitrogens with zero attached hydrogens (tertiary/aromatic N) is 1. The topological polar surface area (TPSA) is 38.8 Å². The second-order valence-electron chi connectivity index (χ2n) is 6.57. The summed E-state index contributed by atoms with van der Waals surface area (Å²) in [5.41, 5.74) is 5.26. The predicted octanol–water partition coefficient (Wildman–Crippen LogP) is 4.93. The first-order valence-corrected chi connectivity index (χ1v) is 9.55. The normalized spacial score (nSPS) is 16.7. The molecule has 4 rings (SSSR count). The summed E-state index contributed by atoms with van der Waals surface area (Å²) in [6, 6.07) is 14.5. The van der Waals surface area contributed by atoms with Gasteiger partial charge in [-0.15, -0.1) is 0 Å². The van der Waals surface area contributed by atoms with Gasteiger partial charge >= 0.3 is 6.16 Å². The minimum absolute atomic E-state index is 0.520. The largest absolute Gasteiger partial charge is 0.513 e. The Labute approximate surface area is 157 Å². The predicted molar refractivity (Wildman–Crippen MR) is 104 cm³/mol. The van der Waals surface area contributed by atoms with E-state index in [1.165, 1.54) is 33.6 Å². The fourth-order valence-corrected chi connectivity index (χ4v) is 4.68. The van der Waals surface area contributed by atoms with Gasteiger partial charge in [-0.05, 0) is 66.4 Å². The van der Waals surface area contributed by atoms with Crippen molar-refractivity contribution in [3.05, 3.63) is 53.6 Å². The van der Waals surface area contributed by atoms with Crippen LogP contribution < -0.4 is 4.74 Å². The van der Waals surface area contributed by atoms with Crippen LogP contribution in [0.2, 0.25) is 0 Å². The molecular weight excluding hydrogens is 346 g/mol. The Hall–Kier alpha value is -2.24. The van der Waals surface area contributed by atoms with E-state index in [0.717, 1.165) is 31.5 Å². The average Bonchev–Trinajstić information content (AvgIpc) is 2.92. The highest BCUT2D eigenvalue weighted by Crippen LogP contribution is 2.47. The molecule has 0 spiro atoms. The summed E-state index contributed by atoms with van der Waals surface area (Å²) in [5.74, 6) is 0.520. The first kappa shape index (κ1) is 17.2. The van der Waals surface area contributed by atoms with E-state index < -0.39 is 6.16 Å². The molecule has 0 saturated heterocycles. The molecule has 0 amide bonds. The van der Waals surface area contributed by atoms with E-state index in [1.807, 2.05) is 18.2 Å². The van der Waals surface area contributed by atoms with Gasteiger partial charge in [0.1, 0.15) is 5.75 Å². The monoisotopic (exact) mass is 367 g/mol. The molecule has 0 fully saturated rings. The lowest BCUT2D eigenvalue weighted by Crippen LogP contribution is -2.19. The smallest absolute Gasteiger partial charge is 0.437 e. The summed E-state index contributed by atoms with van der Waals surface area (Å²) in [4.78, 5) is 16.4. The third-order valence-electron chi connectivity index (χ3n) is 4.93. The lowest BCUT2D eigenvalue weighted by Gasteiger charge is -2.15. The Morgan fingerprint density at radius 3 is 2.46 bits per heavy atom. The second-order valence-corrected chi connectivity index (χ2v) is 7.66. The number of methoxy groups -OCH3 is 1. The summed E-state index contributed by atoms with van der Waals surface area (Å²) in [7, 11) is 3.49. The molecule has 2 aromatic carbocycles. The minimum Gasteiger partial charge on any atom is -0.437 e. The van der Waals surface area contributed by atoms with Crippen LogP contribution in [0.5, 0.6) is 5.75 Å². The average molecular weight is 367 g/mol. The number of carbonyl (C=O) groups excluding carboxylic acids is 1. The van der Waals surface area contributed by atoms with Gasteiger partial charge in [-0.25, -0.2) is 4.79 Å². The number of carbonyl (C=O) groups is 1. The van der Waals surface area contributed by atoms with Gasteiger partial charge in [0.2, 0.25) is 0 Å². The van der Waals surface area contributed by atoms with Crippen molar-refractivity contribution < 1.29 is 14.3 Å². The quantitative estimate of drug-likeness (QED) is 0.528. The van der Waals surface area contributed by atoms with Crippen LogP contribution in [0.3, 0.4) is 0 Å². The summed E-state index contributed by atoms with van der Waals surface area (Å²) in [5, 5.41) is 0. The maximum Gasteiger partial charge on any atom is 0.513 e. The Kier molecular flexibility index (Phi) is 4.74. The zero-order valence-electron chi connectivity index (χ0n) is 15.0. The maximum atomic E-state index is 11.5. The van der Waals surface area contributed by atoms with E-state index in [1.54, 1.807) is 11.8 Å². The van der Waals surface area contributed by atoms with E-state index in [-0.39, 0.29) is 0 Å². The Morgan fingerprint density at radius 1 is 1.00 bits per heavy atom. The molecule has 0 unspecified atom stereocenters. The van der Waals surface area contributed by atoms with Gasteiger partial charge in [0.05, 0.1) is 7.11 Å². The molecule has 0 aliphatic carbocycles. The lowest BCUT2D eigenvalue weighted by atomic mass is 9.91. The van der Waals surface area contributed by atoms with Gasteiger partial charge in [-0.3, -0.25) is 0 Å². The van der Waals surface area contributed by atoms with Crippen LogP contribution in [-0.4, -0.2) is 38.3 Å². The van der Waals surface area contributed by atoms with Crippen LogP contribution in [0.1, 0.15) is 24.0 Å². The van der Waals surface area contributed by atoms with Crippen LogP contribution >= 0.6 is 11.8 Å². The van der Waals surface area contributed by atoms with Crippen LogP contribution in [0.15, 0.2) is 52.3 Å². The van der Waals surface area contributed by atoms with Crippen LogP contribution in [-0.2, 0) is 4.74 Å². The van der Waals surface area contributed by atoms with Gasteiger partial charge in [0, 0.05) is 22.9 Å². The van der Waals surface area contributed by atoms with Crippen molar-refractivity contribution in [3.63, 3.8) is 0 Å².